The fourth-order valence-electron chi connectivity index (χ4n) is 3.03. The summed E-state index contributed by atoms with van der Waals surface area (Å²) < 4.78 is 2.61. The highest BCUT2D eigenvalue weighted by Crippen LogP contribution is 2.49. The van der Waals surface area contributed by atoms with Crippen LogP contribution in [0.1, 0.15) is 16.7 Å². The summed E-state index contributed by atoms with van der Waals surface area (Å²) >= 11 is 4.93. The number of rotatable bonds is 1. The molecule has 0 saturated heterocycles. The Morgan fingerprint density at radius 3 is 1.59 bits per heavy atom. The first-order valence-electron chi connectivity index (χ1n) is 7.11. The van der Waals surface area contributed by atoms with E-state index in [-0.39, 0.29) is 0 Å². The Hall–Kier alpha value is -1.14. The molecule has 0 spiro atoms. The van der Waals surface area contributed by atoms with Gasteiger partial charge in [-0.25, -0.2) is 0 Å². The maximum absolute atomic E-state index is 2.50. The molecular weight excluding hydrogens is 494 g/mol. The fourth-order valence-corrected chi connectivity index (χ4v) is 5.25. The minimum absolute atomic E-state index is 1.29. The summed E-state index contributed by atoms with van der Waals surface area (Å²) in [5.41, 5.74) is 8.03. The van der Waals surface area contributed by atoms with Gasteiger partial charge in [-0.3, -0.25) is 0 Å². The van der Waals surface area contributed by atoms with Crippen LogP contribution in [0.25, 0.3) is 20.3 Å². The van der Waals surface area contributed by atoms with Crippen LogP contribution in [-0.4, -0.2) is 0 Å². The Morgan fingerprint density at radius 1 is 0.591 bits per heavy atom. The van der Waals surface area contributed by atoms with E-state index in [0.29, 0.717) is 0 Å². The van der Waals surface area contributed by atoms with Crippen molar-refractivity contribution in [3.63, 3.8) is 0 Å². The van der Waals surface area contributed by atoms with E-state index in [0.717, 1.165) is 0 Å². The van der Waals surface area contributed by atoms with Gasteiger partial charge in [0, 0.05) is 18.3 Å². The van der Waals surface area contributed by atoms with Gasteiger partial charge in [-0.2, -0.15) is 0 Å². The summed E-state index contributed by atoms with van der Waals surface area (Å²) in [4.78, 5) is 0. The summed E-state index contributed by atoms with van der Waals surface area (Å²) in [6.45, 7) is 0. The molecule has 3 aromatic rings. The third-order valence-corrected chi connectivity index (χ3v) is 6.07. The first-order chi connectivity index (χ1) is 10.8. The molecule has 0 heterocycles. The molecule has 0 fully saturated rings. The van der Waals surface area contributed by atoms with Crippen LogP contribution in [0.2, 0.25) is 0 Å². The van der Waals surface area contributed by atoms with Crippen molar-refractivity contribution in [3.05, 3.63) is 93.1 Å². The molecule has 22 heavy (non-hydrogen) atoms. The Balaban J connectivity index is 2.07. The summed E-state index contributed by atoms with van der Waals surface area (Å²) in [5.74, 6) is 0. The standard InChI is InChI=1S/C20H12I2/c21-18-12-6-5-11-17(18)20(22)19-15-9-3-1-7-13(15)14-8-2-4-10-16(14)19/h1-12H. The van der Waals surface area contributed by atoms with Crippen LogP contribution in [0.3, 0.4) is 0 Å². The molecule has 0 aromatic heterocycles. The lowest BCUT2D eigenvalue weighted by Gasteiger charge is -2.10. The monoisotopic (exact) mass is 506 g/mol. The topological polar surface area (TPSA) is 0 Å². The van der Waals surface area contributed by atoms with Crippen molar-refractivity contribution in [1.29, 1.82) is 0 Å². The predicted octanol–water partition coefficient (Wildman–Crippen LogP) is 6.62. The van der Waals surface area contributed by atoms with Gasteiger partial charge in [-0.1, -0.05) is 66.7 Å². The molecule has 1 aliphatic carbocycles. The van der Waals surface area contributed by atoms with Crippen molar-refractivity contribution >= 4 is 54.3 Å². The molecule has 0 atom stereocenters. The van der Waals surface area contributed by atoms with Gasteiger partial charge in [0.05, 0.1) is 0 Å². The number of fused-ring (bicyclic) bond motifs is 3. The van der Waals surface area contributed by atoms with Gasteiger partial charge in [0.15, 0.2) is 0 Å². The maximum Gasteiger partial charge on any atom is 0.0298 e. The fraction of sp³-hybridized carbons (Fsp3) is 0. The number of hydrogen-bond acceptors (Lipinski definition) is 0. The van der Waals surface area contributed by atoms with Crippen LogP contribution in [0.4, 0.5) is 0 Å². The summed E-state index contributed by atoms with van der Waals surface area (Å²) in [5, 5.41) is 0. The van der Waals surface area contributed by atoms with Crippen molar-refractivity contribution in [2.24, 2.45) is 0 Å². The summed E-state index contributed by atoms with van der Waals surface area (Å²) in [7, 11) is 0. The zero-order chi connectivity index (χ0) is 15.1. The van der Waals surface area contributed by atoms with E-state index in [4.69, 9.17) is 0 Å². The summed E-state index contributed by atoms with van der Waals surface area (Å²) in [6.07, 6.45) is 0. The lowest BCUT2D eigenvalue weighted by atomic mass is 10.0. The average Bonchev–Trinajstić information content (AvgIpc) is 2.89. The molecular formula is C20H12I2. The van der Waals surface area contributed by atoms with E-state index < -0.39 is 0 Å². The zero-order valence-electron chi connectivity index (χ0n) is 11.7. The zero-order valence-corrected chi connectivity index (χ0v) is 16.0. The van der Waals surface area contributed by atoms with E-state index in [1.807, 2.05) is 0 Å². The molecule has 106 valence electrons. The first kappa shape index (κ1) is 14.5. The Morgan fingerprint density at radius 2 is 1.05 bits per heavy atom. The Kier molecular flexibility index (Phi) is 3.82. The minimum atomic E-state index is 1.29. The molecule has 0 saturated carbocycles. The molecule has 0 unspecified atom stereocenters. The van der Waals surface area contributed by atoms with Gasteiger partial charge >= 0.3 is 0 Å². The van der Waals surface area contributed by atoms with Crippen molar-refractivity contribution < 1.29 is 0 Å². The van der Waals surface area contributed by atoms with Gasteiger partial charge in [0.1, 0.15) is 0 Å². The number of halogens is 2. The molecule has 0 N–H and O–H groups in total. The summed E-state index contributed by atoms with van der Waals surface area (Å²) in [6, 6.07) is 26.0. The molecule has 4 rings (SSSR count). The van der Waals surface area contributed by atoms with Crippen LogP contribution in [0.5, 0.6) is 0 Å². The molecule has 0 aliphatic heterocycles. The van der Waals surface area contributed by atoms with Gasteiger partial charge in [0.2, 0.25) is 0 Å². The number of benzene rings is 3. The van der Waals surface area contributed by atoms with Crippen molar-refractivity contribution in [2.75, 3.05) is 0 Å². The van der Waals surface area contributed by atoms with Gasteiger partial charge < -0.3 is 0 Å². The molecule has 0 amide bonds. The Bertz CT molecular complexity index is 859. The van der Waals surface area contributed by atoms with E-state index in [9.17, 15) is 0 Å². The quantitative estimate of drug-likeness (QED) is 0.255. The second-order valence-electron chi connectivity index (χ2n) is 5.26. The highest BCUT2D eigenvalue weighted by Gasteiger charge is 2.25. The molecule has 0 radical (unpaired) electrons. The lowest BCUT2D eigenvalue weighted by Crippen LogP contribution is -1.88. The molecule has 1 aliphatic rings. The normalized spacial score (nSPS) is 12.0. The van der Waals surface area contributed by atoms with Crippen LogP contribution >= 0.6 is 45.2 Å². The molecule has 0 bridgehead atoms. The van der Waals surface area contributed by atoms with Crippen LogP contribution in [0, 0.1) is 3.57 Å². The third kappa shape index (κ3) is 2.24. The Labute approximate surface area is 157 Å². The van der Waals surface area contributed by atoms with Crippen LogP contribution < -0.4 is 0 Å². The third-order valence-electron chi connectivity index (χ3n) is 4.01. The first-order valence-corrected chi connectivity index (χ1v) is 9.27. The van der Waals surface area contributed by atoms with Gasteiger partial charge in [-0.05, 0) is 73.5 Å². The van der Waals surface area contributed by atoms with Crippen LogP contribution in [0.15, 0.2) is 72.8 Å². The average molecular weight is 506 g/mol. The minimum Gasteiger partial charge on any atom is -0.0616 e. The predicted molar refractivity (Wildman–Crippen MR) is 111 cm³/mol. The van der Waals surface area contributed by atoms with Crippen molar-refractivity contribution in [3.8, 4) is 11.1 Å². The smallest absolute Gasteiger partial charge is 0.0298 e. The molecule has 3 aromatic carbocycles. The van der Waals surface area contributed by atoms with E-state index in [2.05, 4.69) is 118 Å². The van der Waals surface area contributed by atoms with E-state index in [1.165, 1.54) is 40.5 Å². The highest BCUT2D eigenvalue weighted by atomic mass is 127. The second-order valence-corrected chi connectivity index (χ2v) is 7.50. The lowest BCUT2D eigenvalue weighted by molar-refractivity contribution is 1.58. The maximum atomic E-state index is 2.50. The van der Waals surface area contributed by atoms with E-state index in [1.54, 1.807) is 0 Å². The van der Waals surface area contributed by atoms with Gasteiger partial charge in [0.25, 0.3) is 0 Å². The number of hydrogen-bond donors (Lipinski definition) is 0. The SMILES string of the molecule is IC(=C1c2ccccc2-c2ccccc21)c1ccccc1I. The van der Waals surface area contributed by atoms with Gasteiger partial charge in [-0.15, -0.1) is 0 Å². The molecule has 2 heteroatoms. The second kappa shape index (κ2) is 5.81. The van der Waals surface area contributed by atoms with Crippen LogP contribution in [-0.2, 0) is 0 Å². The van der Waals surface area contributed by atoms with Crippen molar-refractivity contribution in [1.82, 2.24) is 0 Å². The molecule has 0 nitrogen and oxygen atoms in total. The van der Waals surface area contributed by atoms with E-state index >= 15 is 0 Å². The van der Waals surface area contributed by atoms with Crippen molar-refractivity contribution in [2.45, 2.75) is 0 Å². The highest BCUT2D eigenvalue weighted by molar-refractivity contribution is 14.1. The largest absolute Gasteiger partial charge is 0.0616 e.